The normalized spacial score (nSPS) is 10.2. The van der Waals surface area contributed by atoms with Gasteiger partial charge in [-0.2, -0.15) is 0 Å². The van der Waals surface area contributed by atoms with Gasteiger partial charge in [0.1, 0.15) is 5.75 Å². The summed E-state index contributed by atoms with van der Waals surface area (Å²) in [5, 5.41) is 6.28. The molecule has 2 aromatic carbocycles. The maximum atomic E-state index is 12.0. The minimum absolute atomic E-state index is 0.174. The third-order valence-corrected chi connectivity index (χ3v) is 3.43. The lowest BCUT2D eigenvalue weighted by Crippen LogP contribution is -2.16. The monoisotopic (exact) mass is 340 g/mol. The van der Waals surface area contributed by atoms with Crippen LogP contribution in [0.3, 0.4) is 0 Å². The van der Waals surface area contributed by atoms with E-state index < -0.39 is 6.09 Å². The molecule has 1 N–H and O–H groups in total. The first-order chi connectivity index (χ1) is 12.2. The molecular weight excluding hydrogens is 324 g/mol. The number of nitrogens with zero attached hydrogens (tertiary/aromatic N) is 1. The van der Waals surface area contributed by atoms with Crippen LogP contribution in [-0.4, -0.2) is 25.5 Å². The molecule has 0 fully saturated rings. The van der Waals surface area contributed by atoms with Crippen molar-refractivity contribution in [1.29, 1.82) is 0 Å². The molecule has 128 valence electrons. The van der Waals surface area contributed by atoms with Gasteiger partial charge in [-0.25, -0.2) is 4.79 Å². The summed E-state index contributed by atoms with van der Waals surface area (Å²) >= 11 is 0. The predicted octanol–water partition coefficient (Wildman–Crippen LogP) is 3.97. The first-order valence-corrected chi connectivity index (χ1v) is 7.42. The number of hydrogen-bond donors (Lipinski definition) is 1. The van der Waals surface area contributed by atoms with Crippen LogP contribution in [0.1, 0.15) is 0 Å². The van der Waals surface area contributed by atoms with Crippen molar-refractivity contribution in [2.24, 2.45) is 0 Å². The van der Waals surface area contributed by atoms with Gasteiger partial charge in [-0.3, -0.25) is 5.32 Å². The van der Waals surface area contributed by atoms with E-state index in [0.717, 1.165) is 5.56 Å². The molecule has 0 aliphatic rings. The Morgan fingerprint density at radius 1 is 1.04 bits per heavy atom. The zero-order valence-electron chi connectivity index (χ0n) is 13.7. The van der Waals surface area contributed by atoms with Crippen molar-refractivity contribution in [2.75, 3.05) is 19.5 Å². The lowest BCUT2D eigenvalue weighted by Gasteiger charge is -2.09. The van der Waals surface area contributed by atoms with Crippen molar-refractivity contribution >= 4 is 12.0 Å². The maximum absolute atomic E-state index is 12.0. The Morgan fingerprint density at radius 3 is 2.52 bits per heavy atom. The van der Waals surface area contributed by atoms with Gasteiger partial charge in [0.05, 0.1) is 26.0 Å². The van der Waals surface area contributed by atoms with E-state index in [4.69, 9.17) is 18.7 Å². The highest BCUT2D eigenvalue weighted by molar-refractivity contribution is 5.90. The molecule has 0 saturated carbocycles. The number of carbonyl (C=O) groups excluding carboxylic acids is 1. The molecule has 0 atom stereocenters. The summed E-state index contributed by atoms with van der Waals surface area (Å²) in [5.74, 6) is 1.75. The summed E-state index contributed by atoms with van der Waals surface area (Å²) in [7, 11) is 3.11. The average molecular weight is 340 g/mol. The van der Waals surface area contributed by atoms with Crippen LogP contribution in [0, 0.1) is 0 Å². The molecule has 1 heterocycles. The Morgan fingerprint density at radius 2 is 1.80 bits per heavy atom. The van der Waals surface area contributed by atoms with Crippen LogP contribution in [0.15, 0.2) is 59.3 Å². The summed E-state index contributed by atoms with van der Waals surface area (Å²) in [5.41, 5.74) is 1.33. The van der Waals surface area contributed by atoms with Crippen molar-refractivity contribution in [2.45, 2.75) is 0 Å². The quantitative estimate of drug-likeness (QED) is 0.757. The number of carbonyl (C=O) groups is 1. The van der Waals surface area contributed by atoms with E-state index in [1.165, 1.54) is 6.20 Å². The van der Waals surface area contributed by atoms with Crippen molar-refractivity contribution in [3.05, 3.63) is 54.7 Å². The summed E-state index contributed by atoms with van der Waals surface area (Å²) in [6, 6.07) is 14.0. The number of amides is 1. The van der Waals surface area contributed by atoms with E-state index in [9.17, 15) is 4.79 Å². The molecule has 0 spiro atoms. The number of para-hydroxylation sites is 1. The van der Waals surface area contributed by atoms with Crippen LogP contribution in [0.4, 0.5) is 10.7 Å². The lowest BCUT2D eigenvalue weighted by atomic mass is 10.1. The Labute approximate surface area is 144 Å². The molecule has 7 nitrogen and oxygen atoms in total. The van der Waals surface area contributed by atoms with Crippen LogP contribution in [0.25, 0.3) is 11.1 Å². The highest BCUT2D eigenvalue weighted by atomic mass is 16.6. The van der Waals surface area contributed by atoms with Crippen LogP contribution < -0.4 is 19.5 Å². The van der Waals surface area contributed by atoms with Gasteiger partial charge in [0, 0.05) is 0 Å². The summed E-state index contributed by atoms with van der Waals surface area (Å²) in [6.07, 6.45) is 0.823. The Hall–Kier alpha value is -3.48. The van der Waals surface area contributed by atoms with Gasteiger partial charge in [-0.1, -0.05) is 29.4 Å². The van der Waals surface area contributed by atoms with Crippen molar-refractivity contribution in [3.8, 4) is 28.4 Å². The molecule has 0 aliphatic heterocycles. The molecule has 0 bridgehead atoms. The van der Waals surface area contributed by atoms with Gasteiger partial charge in [0.25, 0.3) is 0 Å². The average Bonchev–Trinajstić information content (AvgIpc) is 3.09. The highest BCUT2D eigenvalue weighted by Crippen LogP contribution is 2.35. The SMILES string of the molecule is COc1ccc(-c2cnoc2NC(=O)Oc2ccccc2)cc1OC. The Balaban J connectivity index is 1.80. The Bertz CT molecular complexity index is 861. The largest absolute Gasteiger partial charge is 0.493 e. The molecular formula is C18H16N2O5. The molecule has 3 aromatic rings. The minimum Gasteiger partial charge on any atom is -0.493 e. The molecule has 7 heteroatoms. The summed E-state index contributed by atoms with van der Waals surface area (Å²) < 4.78 is 20.8. The number of methoxy groups -OCH3 is 2. The molecule has 3 rings (SSSR count). The standard InChI is InChI=1S/C18H16N2O5/c1-22-15-9-8-12(10-16(15)23-2)14-11-19-25-17(14)20-18(21)24-13-6-4-3-5-7-13/h3-11H,1-2H3,(H,20,21). The van der Waals surface area contributed by atoms with Gasteiger partial charge >= 0.3 is 6.09 Å². The molecule has 0 aliphatic carbocycles. The summed E-state index contributed by atoms with van der Waals surface area (Å²) in [6.45, 7) is 0. The molecule has 25 heavy (non-hydrogen) atoms. The van der Waals surface area contributed by atoms with E-state index in [1.807, 2.05) is 12.1 Å². The third kappa shape index (κ3) is 3.72. The van der Waals surface area contributed by atoms with Gasteiger partial charge in [-0.05, 0) is 29.8 Å². The summed E-state index contributed by atoms with van der Waals surface area (Å²) in [4.78, 5) is 12.0. The molecule has 1 amide bonds. The maximum Gasteiger partial charge on any atom is 0.419 e. The smallest absolute Gasteiger partial charge is 0.419 e. The van der Waals surface area contributed by atoms with Crippen LogP contribution >= 0.6 is 0 Å². The topological polar surface area (TPSA) is 82.8 Å². The predicted molar refractivity (Wildman–Crippen MR) is 91.1 cm³/mol. The number of rotatable bonds is 5. The second-order valence-electron chi connectivity index (χ2n) is 4.97. The zero-order valence-corrected chi connectivity index (χ0v) is 13.7. The molecule has 1 aromatic heterocycles. The van der Waals surface area contributed by atoms with Gasteiger partial charge in [0.15, 0.2) is 11.5 Å². The van der Waals surface area contributed by atoms with E-state index >= 15 is 0 Å². The first kappa shape index (κ1) is 16.4. The van der Waals surface area contributed by atoms with E-state index in [1.54, 1.807) is 50.6 Å². The number of hydrogen-bond acceptors (Lipinski definition) is 6. The van der Waals surface area contributed by atoms with E-state index in [2.05, 4.69) is 10.5 Å². The highest BCUT2D eigenvalue weighted by Gasteiger charge is 2.16. The molecule has 0 unspecified atom stereocenters. The van der Waals surface area contributed by atoms with Gasteiger partial charge < -0.3 is 18.7 Å². The Kier molecular flexibility index (Phi) is 4.84. The first-order valence-electron chi connectivity index (χ1n) is 7.42. The molecule has 0 saturated heterocycles. The van der Waals surface area contributed by atoms with Crippen LogP contribution in [0.2, 0.25) is 0 Å². The van der Waals surface area contributed by atoms with E-state index in [0.29, 0.717) is 22.8 Å². The number of ether oxygens (including phenoxy) is 3. The fraction of sp³-hybridized carbons (Fsp3) is 0.111. The second-order valence-corrected chi connectivity index (χ2v) is 4.97. The van der Waals surface area contributed by atoms with Gasteiger partial charge in [-0.15, -0.1) is 0 Å². The second kappa shape index (κ2) is 7.39. The van der Waals surface area contributed by atoms with E-state index in [-0.39, 0.29) is 5.88 Å². The van der Waals surface area contributed by atoms with Crippen LogP contribution in [0.5, 0.6) is 17.2 Å². The zero-order chi connectivity index (χ0) is 17.6. The fourth-order valence-corrected chi connectivity index (χ4v) is 2.25. The third-order valence-electron chi connectivity index (χ3n) is 3.43. The minimum atomic E-state index is -0.676. The molecule has 0 radical (unpaired) electrons. The number of nitrogens with one attached hydrogen (secondary N) is 1. The van der Waals surface area contributed by atoms with Crippen molar-refractivity contribution in [1.82, 2.24) is 5.16 Å². The number of anilines is 1. The van der Waals surface area contributed by atoms with Gasteiger partial charge in [0.2, 0.25) is 5.88 Å². The lowest BCUT2D eigenvalue weighted by molar-refractivity contribution is 0.214. The number of benzene rings is 2. The van der Waals surface area contributed by atoms with Crippen molar-refractivity contribution in [3.63, 3.8) is 0 Å². The van der Waals surface area contributed by atoms with Crippen LogP contribution in [-0.2, 0) is 0 Å². The number of aromatic nitrogens is 1. The van der Waals surface area contributed by atoms with Crippen molar-refractivity contribution < 1.29 is 23.5 Å². The fourth-order valence-electron chi connectivity index (χ4n) is 2.25.